The molecule has 0 radical (unpaired) electrons. The molecule has 2 aromatic rings. The van der Waals surface area contributed by atoms with Gasteiger partial charge in [-0.15, -0.1) is 0 Å². The van der Waals surface area contributed by atoms with Gasteiger partial charge < -0.3 is 10.1 Å². The van der Waals surface area contributed by atoms with Crippen molar-refractivity contribution in [1.82, 2.24) is 9.69 Å². The number of fused-ring (bicyclic) bond motifs is 1. The van der Waals surface area contributed by atoms with Crippen molar-refractivity contribution >= 4 is 22.4 Å². The third kappa shape index (κ3) is 1.90. The van der Waals surface area contributed by atoms with Crippen LogP contribution in [0.1, 0.15) is 12.8 Å². The minimum absolute atomic E-state index is 0.515. The van der Waals surface area contributed by atoms with Gasteiger partial charge in [-0.05, 0) is 31.5 Å². The molecule has 0 aliphatic carbocycles. The molecular formula is C12H14N2OS. The van der Waals surface area contributed by atoms with Crippen LogP contribution in [0.3, 0.4) is 0 Å². The van der Waals surface area contributed by atoms with Crippen LogP contribution in [0.2, 0.25) is 0 Å². The molecule has 1 aliphatic heterocycles. The van der Waals surface area contributed by atoms with Crippen LogP contribution in [0.5, 0.6) is 5.06 Å². The lowest BCUT2D eigenvalue weighted by atomic mass is 10.2. The maximum Gasteiger partial charge on any atom is 0.201 e. The summed E-state index contributed by atoms with van der Waals surface area (Å²) in [6.45, 7) is 1.88. The summed E-state index contributed by atoms with van der Waals surface area (Å²) >= 11 is 1.45. The number of hydrogen-bond acceptors (Lipinski definition) is 4. The summed E-state index contributed by atoms with van der Waals surface area (Å²) in [5.74, 6) is 0. The van der Waals surface area contributed by atoms with E-state index in [4.69, 9.17) is 4.74 Å². The number of benzene rings is 1. The van der Waals surface area contributed by atoms with Crippen molar-refractivity contribution in [2.45, 2.75) is 18.9 Å². The summed E-state index contributed by atoms with van der Waals surface area (Å²) < 4.78 is 10.2. The van der Waals surface area contributed by atoms with Crippen LogP contribution in [0.15, 0.2) is 24.3 Å². The van der Waals surface area contributed by atoms with Gasteiger partial charge in [0, 0.05) is 17.6 Å². The Morgan fingerprint density at radius 1 is 1.44 bits per heavy atom. The number of nitrogens with zero attached hydrogens (tertiary/aromatic N) is 1. The molecule has 0 amide bonds. The molecular weight excluding hydrogens is 220 g/mol. The lowest BCUT2D eigenvalue weighted by Crippen LogP contribution is -2.27. The number of aromatic nitrogens is 1. The standard InChI is InChI=1S/C12H14N2OS/c1-2-6-11-10(5-1)12(16-14-11)15-8-9-4-3-7-13-9/h1-2,5-6,9,13H,3-4,7-8H2. The Hall–Kier alpha value is -1.13. The van der Waals surface area contributed by atoms with E-state index >= 15 is 0 Å². The van der Waals surface area contributed by atoms with Gasteiger partial charge in [0.05, 0.1) is 10.9 Å². The van der Waals surface area contributed by atoms with E-state index in [-0.39, 0.29) is 0 Å². The highest BCUT2D eigenvalue weighted by atomic mass is 32.1. The van der Waals surface area contributed by atoms with Gasteiger partial charge in [0.15, 0.2) is 0 Å². The van der Waals surface area contributed by atoms with Crippen molar-refractivity contribution in [2.75, 3.05) is 13.2 Å². The Balaban J connectivity index is 1.73. The van der Waals surface area contributed by atoms with Gasteiger partial charge in [0.25, 0.3) is 0 Å². The first kappa shape index (κ1) is 10.1. The molecule has 1 aromatic carbocycles. The molecule has 1 saturated heterocycles. The molecule has 1 aromatic heterocycles. The SMILES string of the molecule is c1ccc2c(OCC3CCCN3)snc2c1. The van der Waals surface area contributed by atoms with Crippen LogP contribution in [0.25, 0.3) is 10.9 Å². The molecule has 84 valence electrons. The van der Waals surface area contributed by atoms with Crippen LogP contribution < -0.4 is 10.1 Å². The Labute approximate surface area is 98.6 Å². The number of ether oxygens (including phenoxy) is 1. The van der Waals surface area contributed by atoms with E-state index in [2.05, 4.69) is 15.8 Å². The van der Waals surface area contributed by atoms with Crippen LogP contribution in [-0.4, -0.2) is 23.6 Å². The van der Waals surface area contributed by atoms with Gasteiger partial charge in [-0.2, -0.15) is 4.37 Å². The second-order valence-electron chi connectivity index (χ2n) is 4.09. The van der Waals surface area contributed by atoms with Crippen LogP contribution in [-0.2, 0) is 0 Å². The van der Waals surface area contributed by atoms with E-state index in [1.54, 1.807) is 0 Å². The molecule has 1 unspecified atom stereocenters. The highest BCUT2D eigenvalue weighted by Gasteiger charge is 2.15. The fraction of sp³-hybridized carbons (Fsp3) is 0.417. The molecule has 3 rings (SSSR count). The third-order valence-electron chi connectivity index (χ3n) is 2.93. The highest BCUT2D eigenvalue weighted by Crippen LogP contribution is 2.29. The second-order valence-corrected chi connectivity index (χ2v) is 4.83. The second kappa shape index (κ2) is 4.39. The molecule has 0 spiro atoms. The minimum Gasteiger partial charge on any atom is -0.481 e. The van der Waals surface area contributed by atoms with E-state index in [1.807, 2.05) is 18.2 Å². The molecule has 1 N–H and O–H groups in total. The Kier molecular flexibility index (Phi) is 2.76. The van der Waals surface area contributed by atoms with E-state index in [9.17, 15) is 0 Å². The molecule has 1 aliphatic rings. The summed E-state index contributed by atoms with van der Waals surface area (Å²) in [5.41, 5.74) is 1.03. The van der Waals surface area contributed by atoms with Crippen LogP contribution in [0.4, 0.5) is 0 Å². The van der Waals surface area contributed by atoms with E-state index < -0.39 is 0 Å². The number of hydrogen-bond donors (Lipinski definition) is 1. The van der Waals surface area contributed by atoms with Gasteiger partial charge >= 0.3 is 0 Å². The first-order chi connectivity index (χ1) is 7.93. The zero-order chi connectivity index (χ0) is 10.8. The zero-order valence-electron chi connectivity index (χ0n) is 8.98. The fourth-order valence-electron chi connectivity index (χ4n) is 2.05. The zero-order valence-corrected chi connectivity index (χ0v) is 9.80. The molecule has 16 heavy (non-hydrogen) atoms. The molecule has 0 bridgehead atoms. The van der Waals surface area contributed by atoms with Gasteiger partial charge in [0.1, 0.15) is 6.61 Å². The molecule has 1 fully saturated rings. The van der Waals surface area contributed by atoms with Crippen molar-refractivity contribution < 1.29 is 4.74 Å². The minimum atomic E-state index is 0.515. The fourth-order valence-corrected chi connectivity index (χ4v) is 2.78. The van der Waals surface area contributed by atoms with Gasteiger partial charge in [0.2, 0.25) is 5.06 Å². The largest absolute Gasteiger partial charge is 0.481 e. The first-order valence-corrected chi connectivity index (χ1v) is 6.41. The van der Waals surface area contributed by atoms with Crippen molar-refractivity contribution in [3.05, 3.63) is 24.3 Å². The average molecular weight is 234 g/mol. The number of rotatable bonds is 3. The molecule has 3 nitrogen and oxygen atoms in total. The predicted octanol–water partition coefficient (Wildman–Crippen LogP) is 2.43. The lowest BCUT2D eigenvalue weighted by molar-refractivity contribution is 0.287. The third-order valence-corrected chi connectivity index (χ3v) is 3.72. The van der Waals surface area contributed by atoms with Crippen molar-refractivity contribution in [2.24, 2.45) is 0 Å². The first-order valence-electron chi connectivity index (χ1n) is 5.64. The Morgan fingerprint density at radius 3 is 3.25 bits per heavy atom. The maximum absolute atomic E-state index is 5.84. The van der Waals surface area contributed by atoms with E-state index in [0.717, 1.165) is 29.1 Å². The lowest BCUT2D eigenvalue weighted by Gasteiger charge is -2.10. The summed E-state index contributed by atoms with van der Waals surface area (Å²) in [5, 5.41) is 5.50. The Bertz CT molecular complexity index is 477. The van der Waals surface area contributed by atoms with Crippen molar-refractivity contribution in [3.63, 3.8) is 0 Å². The quantitative estimate of drug-likeness (QED) is 0.885. The molecule has 0 saturated carbocycles. The summed E-state index contributed by atoms with van der Waals surface area (Å²) in [7, 11) is 0. The van der Waals surface area contributed by atoms with Crippen LogP contribution >= 0.6 is 11.5 Å². The molecule has 2 heterocycles. The smallest absolute Gasteiger partial charge is 0.201 e. The maximum atomic E-state index is 5.84. The summed E-state index contributed by atoms with van der Waals surface area (Å²) in [6, 6.07) is 8.63. The van der Waals surface area contributed by atoms with E-state index in [0.29, 0.717) is 6.04 Å². The summed E-state index contributed by atoms with van der Waals surface area (Å²) in [6.07, 6.45) is 2.48. The monoisotopic (exact) mass is 234 g/mol. The normalized spacial score (nSPS) is 20.4. The highest BCUT2D eigenvalue weighted by molar-refractivity contribution is 7.09. The molecule has 1 atom stereocenters. The summed E-state index contributed by atoms with van der Waals surface area (Å²) in [4.78, 5) is 0. The average Bonchev–Trinajstić information content (AvgIpc) is 2.96. The number of nitrogens with one attached hydrogen (secondary N) is 1. The van der Waals surface area contributed by atoms with Gasteiger partial charge in [-0.25, -0.2) is 0 Å². The van der Waals surface area contributed by atoms with Gasteiger partial charge in [-0.3, -0.25) is 0 Å². The van der Waals surface area contributed by atoms with E-state index in [1.165, 1.54) is 24.4 Å². The van der Waals surface area contributed by atoms with Crippen molar-refractivity contribution in [3.8, 4) is 5.06 Å². The van der Waals surface area contributed by atoms with Crippen molar-refractivity contribution in [1.29, 1.82) is 0 Å². The predicted molar refractivity (Wildman–Crippen MR) is 66.1 cm³/mol. The van der Waals surface area contributed by atoms with Gasteiger partial charge in [-0.1, -0.05) is 12.1 Å². The molecule has 4 heteroatoms. The Morgan fingerprint density at radius 2 is 2.38 bits per heavy atom. The topological polar surface area (TPSA) is 34.1 Å². The van der Waals surface area contributed by atoms with Crippen LogP contribution in [0, 0.1) is 0 Å².